The fourth-order valence-electron chi connectivity index (χ4n) is 3.24. The molecule has 0 saturated heterocycles. The van der Waals surface area contributed by atoms with Crippen molar-refractivity contribution in [3.8, 4) is 0 Å². The molecule has 0 saturated carbocycles. The van der Waals surface area contributed by atoms with Gasteiger partial charge in [-0.1, -0.05) is 78.9 Å². The average molecular weight is 375 g/mol. The summed E-state index contributed by atoms with van der Waals surface area (Å²) in [5, 5.41) is 0. The van der Waals surface area contributed by atoms with Crippen molar-refractivity contribution in [1.29, 1.82) is 0 Å². The summed E-state index contributed by atoms with van der Waals surface area (Å²) < 4.78 is 0. The lowest BCUT2D eigenvalue weighted by atomic mass is 10.4. The number of allylic oxidation sites excluding steroid dienone is 8. The van der Waals surface area contributed by atoms with Crippen molar-refractivity contribution in [3.63, 3.8) is 0 Å². The van der Waals surface area contributed by atoms with E-state index in [9.17, 15) is 0 Å². The molecule has 0 heterocycles. The first kappa shape index (κ1) is 20.8. The minimum Gasteiger partial charge on any atom is -0.134 e. The van der Waals surface area contributed by atoms with E-state index in [4.69, 9.17) is 0 Å². The van der Waals surface area contributed by atoms with E-state index < -0.39 is 10.0 Å². The minimum atomic E-state index is -1.56. The van der Waals surface area contributed by atoms with Gasteiger partial charge in [0, 0.05) is 9.79 Å². The van der Waals surface area contributed by atoms with Crippen LogP contribution in [0.5, 0.6) is 0 Å². The van der Waals surface area contributed by atoms with Crippen LogP contribution in [0.15, 0.2) is 129 Å². The first-order chi connectivity index (χ1) is 13.2. The first-order valence-corrected chi connectivity index (χ1v) is 11.1. The van der Waals surface area contributed by atoms with Crippen molar-refractivity contribution in [2.24, 2.45) is 0 Å². The molecule has 140 valence electrons. The van der Waals surface area contributed by atoms with Gasteiger partial charge >= 0.3 is 0 Å². The molecule has 2 aromatic carbocycles. The summed E-state index contributed by atoms with van der Waals surface area (Å²) in [5.74, 6) is 0. The summed E-state index contributed by atoms with van der Waals surface area (Å²) in [5.41, 5.74) is 0. The molecule has 2 aromatic rings. The third-order valence-electron chi connectivity index (χ3n) is 4.36. The van der Waals surface area contributed by atoms with Crippen LogP contribution >= 0.6 is 10.0 Å². The van der Waals surface area contributed by atoms with Gasteiger partial charge in [0.25, 0.3) is 0 Å². The molecule has 0 radical (unpaired) electrons. The van der Waals surface area contributed by atoms with Crippen LogP contribution in [0.25, 0.3) is 0 Å². The van der Waals surface area contributed by atoms with Crippen molar-refractivity contribution >= 4 is 10.0 Å². The van der Waals surface area contributed by atoms with Crippen LogP contribution in [0.3, 0.4) is 0 Å². The zero-order chi connectivity index (χ0) is 19.5. The highest BCUT2D eigenvalue weighted by molar-refractivity contribution is 8.40. The van der Waals surface area contributed by atoms with E-state index in [2.05, 4.69) is 130 Å². The van der Waals surface area contributed by atoms with E-state index in [1.807, 2.05) is 6.92 Å². The maximum atomic E-state index is 2.27. The molecule has 1 heteroatoms. The van der Waals surface area contributed by atoms with Gasteiger partial charge in [0.05, 0.1) is 0 Å². The van der Waals surface area contributed by atoms with Gasteiger partial charge in [-0.25, -0.2) is 0 Å². The Hall–Kier alpha value is -2.51. The predicted octanol–water partition coefficient (Wildman–Crippen LogP) is 8.43. The van der Waals surface area contributed by atoms with E-state index >= 15 is 0 Å². The van der Waals surface area contributed by atoms with Gasteiger partial charge in [-0.2, -0.15) is 0 Å². The molecule has 0 spiro atoms. The molecular weight excluding hydrogens is 344 g/mol. The van der Waals surface area contributed by atoms with Gasteiger partial charge < -0.3 is 0 Å². The molecule has 0 amide bonds. The molecule has 0 atom stereocenters. The van der Waals surface area contributed by atoms with Crippen molar-refractivity contribution in [2.45, 2.75) is 37.5 Å². The SMILES string of the molecule is C\C=C/C=C\C(=C/C)S(C(/C=C\C)=C/C)(c1ccccc1)c1ccccc1. The maximum Gasteiger partial charge on any atom is 0.00227 e. The summed E-state index contributed by atoms with van der Waals surface area (Å²) in [6, 6.07) is 21.8. The summed E-state index contributed by atoms with van der Waals surface area (Å²) in [4.78, 5) is 5.38. The Morgan fingerprint density at radius 2 is 1.07 bits per heavy atom. The molecule has 0 fully saturated rings. The van der Waals surface area contributed by atoms with Crippen molar-refractivity contribution in [3.05, 3.63) is 119 Å². The Morgan fingerprint density at radius 3 is 1.48 bits per heavy atom. The standard InChI is InChI=1S/C26H30S/c1-5-9-12-18-24(8-4)27(23(7-3)17-6-2,25-19-13-10-14-20-25)26-21-15-11-16-22-26/h5-22H,1-4H3/b9-5-,17-6-,18-12-,23-7+,24-8+. The summed E-state index contributed by atoms with van der Waals surface area (Å²) in [6.45, 7) is 8.43. The van der Waals surface area contributed by atoms with Crippen LogP contribution < -0.4 is 0 Å². The van der Waals surface area contributed by atoms with E-state index in [-0.39, 0.29) is 0 Å². The molecule has 0 aromatic heterocycles. The predicted molar refractivity (Wildman–Crippen MR) is 123 cm³/mol. The van der Waals surface area contributed by atoms with Gasteiger partial charge in [0.2, 0.25) is 0 Å². The lowest BCUT2D eigenvalue weighted by Crippen LogP contribution is -2.07. The summed E-state index contributed by atoms with van der Waals surface area (Å²) in [6.07, 6.45) is 17.5. The molecule has 0 nitrogen and oxygen atoms in total. The van der Waals surface area contributed by atoms with Crippen molar-refractivity contribution in [2.75, 3.05) is 0 Å². The maximum absolute atomic E-state index is 2.27. The highest BCUT2D eigenvalue weighted by atomic mass is 32.3. The first-order valence-electron chi connectivity index (χ1n) is 9.44. The zero-order valence-corrected chi connectivity index (χ0v) is 17.6. The monoisotopic (exact) mass is 374 g/mol. The van der Waals surface area contributed by atoms with E-state index in [1.54, 1.807) is 0 Å². The molecular formula is C26H30S. The number of hydrogen-bond donors (Lipinski definition) is 0. The molecule has 0 unspecified atom stereocenters. The molecule has 0 aliphatic heterocycles. The Bertz CT molecular complexity index is 810. The number of benzene rings is 2. The third kappa shape index (κ3) is 4.43. The lowest BCUT2D eigenvalue weighted by molar-refractivity contribution is 1.35. The molecule has 2 rings (SSSR count). The second-order valence-electron chi connectivity index (χ2n) is 6.01. The fourth-order valence-corrected chi connectivity index (χ4v) is 7.34. The third-order valence-corrected chi connectivity index (χ3v) is 8.48. The van der Waals surface area contributed by atoms with E-state index in [0.29, 0.717) is 0 Å². The van der Waals surface area contributed by atoms with E-state index in [1.165, 1.54) is 19.6 Å². The quantitative estimate of drug-likeness (QED) is 0.427. The largest absolute Gasteiger partial charge is 0.134 e. The second kappa shape index (κ2) is 10.6. The van der Waals surface area contributed by atoms with Crippen LogP contribution in [0.4, 0.5) is 0 Å². The van der Waals surface area contributed by atoms with Gasteiger partial charge in [-0.3, -0.25) is 0 Å². The molecule has 0 N–H and O–H groups in total. The topological polar surface area (TPSA) is 0 Å². The molecule has 0 bridgehead atoms. The molecule has 0 aliphatic carbocycles. The van der Waals surface area contributed by atoms with Crippen LogP contribution in [0.2, 0.25) is 0 Å². The highest BCUT2D eigenvalue weighted by Crippen LogP contribution is 2.73. The fraction of sp³-hybridized carbons (Fsp3) is 0.154. The minimum absolute atomic E-state index is 1.34. The Kier molecular flexibility index (Phi) is 8.16. The van der Waals surface area contributed by atoms with Crippen LogP contribution in [-0.4, -0.2) is 0 Å². The summed E-state index contributed by atoms with van der Waals surface area (Å²) in [7, 11) is -1.56. The second-order valence-corrected chi connectivity index (χ2v) is 9.12. The van der Waals surface area contributed by atoms with Gasteiger partial charge in [-0.15, -0.1) is 10.0 Å². The molecule has 27 heavy (non-hydrogen) atoms. The van der Waals surface area contributed by atoms with Gasteiger partial charge in [-0.05, 0) is 67.8 Å². The smallest absolute Gasteiger partial charge is 0.00227 e. The Morgan fingerprint density at radius 1 is 0.593 bits per heavy atom. The zero-order valence-electron chi connectivity index (χ0n) is 16.8. The Labute approximate surface area is 166 Å². The van der Waals surface area contributed by atoms with Crippen LogP contribution in [0.1, 0.15) is 27.7 Å². The van der Waals surface area contributed by atoms with Crippen molar-refractivity contribution < 1.29 is 0 Å². The summed E-state index contributed by atoms with van der Waals surface area (Å²) >= 11 is 0. The van der Waals surface area contributed by atoms with Crippen LogP contribution in [0, 0.1) is 0 Å². The normalized spacial score (nSPS) is 14.5. The number of rotatable bonds is 7. The highest BCUT2D eigenvalue weighted by Gasteiger charge is 2.33. The average Bonchev–Trinajstić information content (AvgIpc) is 2.73. The van der Waals surface area contributed by atoms with Gasteiger partial charge in [0.1, 0.15) is 0 Å². The number of hydrogen-bond acceptors (Lipinski definition) is 0. The van der Waals surface area contributed by atoms with E-state index in [0.717, 1.165) is 0 Å². The lowest BCUT2D eigenvalue weighted by Gasteiger charge is -2.43. The Balaban J connectivity index is 2.94. The van der Waals surface area contributed by atoms with Crippen LogP contribution in [-0.2, 0) is 0 Å². The van der Waals surface area contributed by atoms with Crippen molar-refractivity contribution in [1.82, 2.24) is 0 Å². The molecule has 0 aliphatic rings. The van der Waals surface area contributed by atoms with Gasteiger partial charge in [0.15, 0.2) is 0 Å².